The minimum Gasteiger partial charge on any atom is -0.351 e. The van der Waals surface area contributed by atoms with Crippen molar-refractivity contribution in [1.82, 2.24) is 9.97 Å². The number of anilines is 3. The van der Waals surface area contributed by atoms with Gasteiger partial charge in [-0.3, -0.25) is 10.1 Å². The predicted molar refractivity (Wildman–Crippen MR) is 96.2 cm³/mol. The van der Waals surface area contributed by atoms with E-state index in [4.69, 9.17) is 0 Å². The number of nitrogens with zero attached hydrogens (tertiary/aromatic N) is 3. The molecule has 1 aromatic heterocycles. The monoisotopic (exact) mass is 357 g/mol. The molecule has 0 saturated heterocycles. The molecule has 2 aromatic rings. The SMILES string of the molecule is O=[N+]([O-])c1cc(F)ccc1Nc1cc(C2CC2)nc(NC2CCCC2)n1. The van der Waals surface area contributed by atoms with Crippen molar-refractivity contribution in [2.75, 3.05) is 10.6 Å². The van der Waals surface area contributed by atoms with E-state index < -0.39 is 10.7 Å². The van der Waals surface area contributed by atoms with Crippen LogP contribution >= 0.6 is 0 Å². The zero-order chi connectivity index (χ0) is 18.1. The molecule has 1 heterocycles. The average Bonchev–Trinajstić information content (AvgIpc) is 3.34. The highest BCUT2D eigenvalue weighted by Crippen LogP contribution is 2.40. The Labute approximate surface area is 150 Å². The van der Waals surface area contributed by atoms with Gasteiger partial charge in [-0.1, -0.05) is 12.8 Å². The first-order valence-electron chi connectivity index (χ1n) is 8.95. The van der Waals surface area contributed by atoms with E-state index in [1.54, 1.807) is 0 Å². The van der Waals surface area contributed by atoms with E-state index in [-0.39, 0.29) is 11.4 Å². The number of halogens is 1. The lowest BCUT2D eigenvalue weighted by Gasteiger charge is -2.15. The summed E-state index contributed by atoms with van der Waals surface area (Å²) in [7, 11) is 0. The summed E-state index contributed by atoms with van der Waals surface area (Å²) in [5.74, 6) is 0.809. The maximum atomic E-state index is 13.3. The Kier molecular flexibility index (Phi) is 4.40. The number of nitro benzene ring substituents is 1. The lowest BCUT2D eigenvalue weighted by Crippen LogP contribution is -2.17. The minimum atomic E-state index is -0.646. The molecule has 2 saturated carbocycles. The minimum absolute atomic E-state index is 0.212. The predicted octanol–water partition coefficient (Wildman–Crippen LogP) is 4.50. The summed E-state index contributed by atoms with van der Waals surface area (Å²) in [6.45, 7) is 0. The van der Waals surface area contributed by atoms with E-state index in [1.807, 2.05) is 6.07 Å². The van der Waals surface area contributed by atoms with Crippen LogP contribution in [-0.4, -0.2) is 20.9 Å². The number of hydrogen-bond acceptors (Lipinski definition) is 6. The van der Waals surface area contributed by atoms with E-state index in [2.05, 4.69) is 20.6 Å². The van der Waals surface area contributed by atoms with Crippen LogP contribution in [0.4, 0.5) is 27.5 Å². The Morgan fingerprint density at radius 1 is 1.12 bits per heavy atom. The quantitative estimate of drug-likeness (QED) is 0.584. The van der Waals surface area contributed by atoms with Crippen LogP contribution in [0.25, 0.3) is 0 Å². The topological polar surface area (TPSA) is 93.0 Å². The van der Waals surface area contributed by atoms with Gasteiger partial charge < -0.3 is 10.6 Å². The van der Waals surface area contributed by atoms with Crippen molar-refractivity contribution in [3.05, 3.63) is 45.9 Å². The lowest BCUT2D eigenvalue weighted by molar-refractivity contribution is -0.384. The third kappa shape index (κ3) is 3.74. The Hall–Kier alpha value is -2.77. The summed E-state index contributed by atoms with van der Waals surface area (Å²) in [5.41, 5.74) is 0.832. The lowest BCUT2D eigenvalue weighted by atomic mass is 10.2. The van der Waals surface area contributed by atoms with Gasteiger partial charge in [0, 0.05) is 18.0 Å². The zero-order valence-corrected chi connectivity index (χ0v) is 14.2. The fourth-order valence-corrected chi connectivity index (χ4v) is 3.34. The number of aromatic nitrogens is 2. The molecule has 136 valence electrons. The molecular weight excluding hydrogens is 337 g/mol. The second-order valence-electron chi connectivity index (χ2n) is 6.95. The Morgan fingerprint density at radius 3 is 2.58 bits per heavy atom. The van der Waals surface area contributed by atoms with E-state index in [0.717, 1.165) is 37.4 Å². The molecule has 2 aliphatic rings. The fourth-order valence-electron chi connectivity index (χ4n) is 3.34. The Bertz CT molecular complexity index is 834. The highest BCUT2D eigenvalue weighted by molar-refractivity contribution is 5.68. The van der Waals surface area contributed by atoms with Crippen molar-refractivity contribution in [2.24, 2.45) is 0 Å². The van der Waals surface area contributed by atoms with Gasteiger partial charge in [-0.2, -0.15) is 4.98 Å². The van der Waals surface area contributed by atoms with Crippen molar-refractivity contribution in [1.29, 1.82) is 0 Å². The van der Waals surface area contributed by atoms with Crippen LogP contribution in [0.3, 0.4) is 0 Å². The van der Waals surface area contributed by atoms with Gasteiger partial charge >= 0.3 is 0 Å². The second-order valence-corrected chi connectivity index (χ2v) is 6.95. The summed E-state index contributed by atoms with van der Waals surface area (Å²) in [5, 5.41) is 17.6. The molecule has 0 amide bonds. The van der Waals surface area contributed by atoms with Crippen molar-refractivity contribution in [3.8, 4) is 0 Å². The highest BCUT2D eigenvalue weighted by atomic mass is 19.1. The largest absolute Gasteiger partial charge is 0.351 e. The maximum Gasteiger partial charge on any atom is 0.295 e. The number of rotatable bonds is 6. The first-order chi connectivity index (χ1) is 12.6. The van der Waals surface area contributed by atoms with Crippen LogP contribution in [0.5, 0.6) is 0 Å². The zero-order valence-electron chi connectivity index (χ0n) is 14.2. The molecule has 2 aliphatic carbocycles. The Morgan fingerprint density at radius 2 is 1.88 bits per heavy atom. The number of nitrogens with one attached hydrogen (secondary N) is 2. The smallest absolute Gasteiger partial charge is 0.295 e. The number of benzene rings is 1. The van der Waals surface area contributed by atoms with Crippen molar-refractivity contribution in [3.63, 3.8) is 0 Å². The molecule has 0 unspecified atom stereocenters. The normalized spacial score (nSPS) is 17.3. The summed E-state index contributed by atoms with van der Waals surface area (Å²) in [6, 6.07) is 5.65. The van der Waals surface area contributed by atoms with Crippen molar-refractivity contribution >= 4 is 23.1 Å². The van der Waals surface area contributed by atoms with Gasteiger partial charge in [-0.15, -0.1) is 0 Å². The van der Waals surface area contributed by atoms with Gasteiger partial charge in [0.25, 0.3) is 5.69 Å². The highest BCUT2D eigenvalue weighted by Gasteiger charge is 2.27. The van der Waals surface area contributed by atoms with Crippen LogP contribution in [0.2, 0.25) is 0 Å². The molecule has 0 radical (unpaired) electrons. The van der Waals surface area contributed by atoms with E-state index >= 15 is 0 Å². The molecule has 2 fully saturated rings. The molecule has 0 aliphatic heterocycles. The number of hydrogen-bond donors (Lipinski definition) is 2. The number of nitro groups is 1. The van der Waals surface area contributed by atoms with Crippen LogP contribution in [-0.2, 0) is 0 Å². The first kappa shape index (κ1) is 16.7. The second kappa shape index (κ2) is 6.86. The molecule has 7 nitrogen and oxygen atoms in total. The van der Waals surface area contributed by atoms with E-state index in [1.165, 1.54) is 25.0 Å². The van der Waals surface area contributed by atoms with Gasteiger partial charge in [0.1, 0.15) is 17.3 Å². The molecule has 4 rings (SSSR count). The van der Waals surface area contributed by atoms with Gasteiger partial charge in [0.05, 0.1) is 16.7 Å². The molecule has 2 N–H and O–H groups in total. The standard InChI is InChI=1S/C18H20FN5O2/c19-12-7-8-14(16(9-12)24(25)26)21-17-10-15(11-5-6-11)22-18(23-17)20-13-3-1-2-4-13/h7-11,13H,1-6H2,(H2,20,21,22,23). The molecule has 0 bridgehead atoms. The molecule has 8 heteroatoms. The molecule has 0 spiro atoms. The summed E-state index contributed by atoms with van der Waals surface area (Å²) >= 11 is 0. The summed E-state index contributed by atoms with van der Waals surface area (Å²) in [6.07, 6.45) is 6.79. The van der Waals surface area contributed by atoms with Crippen LogP contribution in [0.15, 0.2) is 24.3 Å². The van der Waals surface area contributed by atoms with E-state index in [9.17, 15) is 14.5 Å². The third-order valence-electron chi connectivity index (χ3n) is 4.85. The van der Waals surface area contributed by atoms with Gasteiger partial charge in [-0.05, 0) is 37.8 Å². The molecular formula is C18H20FN5O2. The molecule has 26 heavy (non-hydrogen) atoms. The fraction of sp³-hybridized carbons (Fsp3) is 0.444. The third-order valence-corrected chi connectivity index (χ3v) is 4.85. The van der Waals surface area contributed by atoms with Gasteiger partial charge in [0.15, 0.2) is 0 Å². The average molecular weight is 357 g/mol. The van der Waals surface area contributed by atoms with Crippen LogP contribution < -0.4 is 10.6 Å². The Balaban J connectivity index is 1.63. The van der Waals surface area contributed by atoms with Crippen LogP contribution in [0.1, 0.15) is 50.1 Å². The summed E-state index contributed by atoms with van der Waals surface area (Å²) in [4.78, 5) is 19.7. The maximum absolute atomic E-state index is 13.3. The van der Waals surface area contributed by atoms with Crippen molar-refractivity contribution in [2.45, 2.75) is 50.5 Å². The van der Waals surface area contributed by atoms with E-state index in [0.29, 0.717) is 23.7 Å². The molecule has 1 aromatic carbocycles. The van der Waals surface area contributed by atoms with Crippen molar-refractivity contribution < 1.29 is 9.31 Å². The molecule has 0 atom stereocenters. The van der Waals surface area contributed by atoms with Gasteiger partial charge in [0.2, 0.25) is 5.95 Å². The summed E-state index contributed by atoms with van der Waals surface area (Å²) < 4.78 is 13.3. The first-order valence-corrected chi connectivity index (χ1v) is 8.95. The van der Waals surface area contributed by atoms with Crippen LogP contribution in [0, 0.1) is 15.9 Å². The van der Waals surface area contributed by atoms with Gasteiger partial charge in [-0.25, -0.2) is 9.37 Å².